The fourth-order valence-corrected chi connectivity index (χ4v) is 2.80. The van der Waals surface area contributed by atoms with Crippen LogP contribution in [0.5, 0.6) is 5.75 Å². The first-order valence-corrected chi connectivity index (χ1v) is 7.14. The Balaban J connectivity index is 1.86. The summed E-state index contributed by atoms with van der Waals surface area (Å²) in [5, 5.41) is 0.980. The third-order valence-electron chi connectivity index (χ3n) is 3.88. The average molecular weight is 256 g/mol. The summed E-state index contributed by atoms with van der Waals surface area (Å²) in [4.78, 5) is 4.31. The molecule has 1 aliphatic rings. The lowest BCUT2D eigenvalue weighted by Crippen LogP contribution is -2.16. The van der Waals surface area contributed by atoms with Crippen molar-refractivity contribution in [2.45, 2.75) is 44.6 Å². The quantitative estimate of drug-likeness (QED) is 0.654. The van der Waals surface area contributed by atoms with E-state index in [1.807, 2.05) is 24.3 Å². The molecule has 100 valence electrons. The predicted molar refractivity (Wildman–Crippen MR) is 78.3 cm³/mol. The monoisotopic (exact) mass is 256 g/mol. The van der Waals surface area contributed by atoms with Crippen molar-refractivity contribution < 1.29 is 4.74 Å². The van der Waals surface area contributed by atoms with Crippen molar-refractivity contribution in [3.05, 3.63) is 30.5 Å². The number of ether oxygens (including phenoxy) is 1. The van der Waals surface area contributed by atoms with Gasteiger partial charge in [-0.1, -0.05) is 12.8 Å². The number of benzene rings is 1. The van der Waals surface area contributed by atoms with Crippen molar-refractivity contribution in [3.8, 4) is 5.75 Å². The topological polar surface area (TPSA) is 48.1 Å². The van der Waals surface area contributed by atoms with Gasteiger partial charge in [0, 0.05) is 11.6 Å². The fourth-order valence-electron chi connectivity index (χ4n) is 2.80. The third kappa shape index (κ3) is 2.65. The molecule has 1 saturated carbocycles. The van der Waals surface area contributed by atoms with Gasteiger partial charge in [0.25, 0.3) is 0 Å². The van der Waals surface area contributed by atoms with E-state index in [0.29, 0.717) is 6.10 Å². The molecule has 1 fully saturated rings. The number of nitrogen functional groups attached to an aromatic ring is 1. The molecule has 0 saturated heterocycles. The first-order chi connectivity index (χ1) is 9.34. The van der Waals surface area contributed by atoms with E-state index in [1.54, 1.807) is 6.20 Å². The highest BCUT2D eigenvalue weighted by Crippen LogP contribution is 2.32. The third-order valence-corrected chi connectivity index (χ3v) is 3.88. The van der Waals surface area contributed by atoms with Crippen molar-refractivity contribution >= 4 is 16.6 Å². The SMILES string of the molecule is Nc1c(OC2CCCCCC2)ccc2ncccc12. The Morgan fingerprint density at radius 1 is 1.05 bits per heavy atom. The number of hydrogen-bond donors (Lipinski definition) is 1. The second-order valence-electron chi connectivity index (χ2n) is 5.28. The second kappa shape index (κ2) is 5.47. The number of pyridine rings is 1. The number of rotatable bonds is 2. The molecule has 2 N–H and O–H groups in total. The molecule has 19 heavy (non-hydrogen) atoms. The minimum absolute atomic E-state index is 0.318. The lowest BCUT2D eigenvalue weighted by Gasteiger charge is -2.18. The fraction of sp³-hybridized carbons (Fsp3) is 0.438. The molecule has 1 aromatic heterocycles. The molecule has 0 amide bonds. The summed E-state index contributed by atoms with van der Waals surface area (Å²) in [5.41, 5.74) is 7.85. The number of nitrogens with zero attached hydrogens (tertiary/aromatic N) is 1. The molecule has 0 aliphatic heterocycles. The Hall–Kier alpha value is -1.77. The highest BCUT2D eigenvalue weighted by molar-refractivity contribution is 5.93. The summed E-state index contributed by atoms with van der Waals surface area (Å²) in [6.07, 6.45) is 9.58. The summed E-state index contributed by atoms with van der Waals surface area (Å²) < 4.78 is 6.12. The van der Waals surface area contributed by atoms with E-state index in [-0.39, 0.29) is 0 Å². The van der Waals surface area contributed by atoms with Gasteiger partial charge in [0.2, 0.25) is 0 Å². The van der Waals surface area contributed by atoms with Gasteiger partial charge in [-0.05, 0) is 49.9 Å². The average Bonchev–Trinajstić information content (AvgIpc) is 2.71. The molecule has 0 spiro atoms. The van der Waals surface area contributed by atoms with Crippen molar-refractivity contribution in [1.29, 1.82) is 0 Å². The van der Waals surface area contributed by atoms with Crippen LogP contribution in [-0.4, -0.2) is 11.1 Å². The minimum Gasteiger partial charge on any atom is -0.488 e. The second-order valence-corrected chi connectivity index (χ2v) is 5.28. The number of fused-ring (bicyclic) bond motifs is 1. The molecule has 3 heteroatoms. The number of aromatic nitrogens is 1. The lowest BCUT2D eigenvalue weighted by atomic mass is 10.1. The summed E-state index contributed by atoms with van der Waals surface area (Å²) in [7, 11) is 0. The van der Waals surface area contributed by atoms with Crippen LogP contribution in [0.4, 0.5) is 5.69 Å². The normalized spacial score (nSPS) is 17.3. The standard InChI is InChI=1S/C16H20N2O/c17-16-13-8-5-11-18-14(13)9-10-15(16)19-12-6-3-1-2-4-7-12/h5,8-12H,1-4,6-7,17H2. The van der Waals surface area contributed by atoms with Gasteiger partial charge in [0.05, 0.1) is 17.3 Å². The van der Waals surface area contributed by atoms with Crippen LogP contribution < -0.4 is 10.5 Å². The Morgan fingerprint density at radius 2 is 1.84 bits per heavy atom. The van der Waals surface area contributed by atoms with Gasteiger partial charge in [0.15, 0.2) is 0 Å². The molecule has 1 heterocycles. The van der Waals surface area contributed by atoms with E-state index >= 15 is 0 Å². The van der Waals surface area contributed by atoms with Crippen LogP contribution in [0, 0.1) is 0 Å². The molecule has 0 atom stereocenters. The maximum absolute atomic E-state index is 6.21. The van der Waals surface area contributed by atoms with E-state index in [9.17, 15) is 0 Å². The zero-order valence-electron chi connectivity index (χ0n) is 11.1. The molecule has 0 radical (unpaired) electrons. The first kappa shape index (κ1) is 12.3. The van der Waals surface area contributed by atoms with Crippen LogP contribution in [0.2, 0.25) is 0 Å². The van der Waals surface area contributed by atoms with E-state index in [2.05, 4.69) is 4.98 Å². The van der Waals surface area contributed by atoms with Gasteiger partial charge in [0.1, 0.15) is 5.75 Å². The zero-order valence-corrected chi connectivity index (χ0v) is 11.1. The van der Waals surface area contributed by atoms with Crippen molar-refractivity contribution in [3.63, 3.8) is 0 Å². The Kier molecular flexibility index (Phi) is 3.53. The molecule has 0 unspecified atom stereocenters. The van der Waals surface area contributed by atoms with Crippen LogP contribution in [-0.2, 0) is 0 Å². The molecule has 0 bridgehead atoms. The van der Waals surface area contributed by atoms with Crippen LogP contribution in [0.1, 0.15) is 38.5 Å². The molecule has 3 nitrogen and oxygen atoms in total. The maximum atomic E-state index is 6.21. The van der Waals surface area contributed by atoms with Crippen LogP contribution in [0.15, 0.2) is 30.5 Å². The van der Waals surface area contributed by atoms with Gasteiger partial charge in [-0.15, -0.1) is 0 Å². The molecule has 3 rings (SSSR count). The van der Waals surface area contributed by atoms with E-state index in [0.717, 1.165) is 35.2 Å². The highest BCUT2D eigenvalue weighted by Gasteiger charge is 2.15. The van der Waals surface area contributed by atoms with Gasteiger partial charge < -0.3 is 10.5 Å². The number of nitrogens with two attached hydrogens (primary N) is 1. The van der Waals surface area contributed by atoms with Crippen LogP contribution in [0.3, 0.4) is 0 Å². The van der Waals surface area contributed by atoms with Gasteiger partial charge in [-0.2, -0.15) is 0 Å². The highest BCUT2D eigenvalue weighted by atomic mass is 16.5. The van der Waals surface area contributed by atoms with Gasteiger partial charge >= 0.3 is 0 Å². The summed E-state index contributed by atoms with van der Waals surface area (Å²) in [6, 6.07) is 7.85. The smallest absolute Gasteiger partial charge is 0.143 e. The van der Waals surface area contributed by atoms with Crippen LogP contribution >= 0.6 is 0 Å². The van der Waals surface area contributed by atoms with Gasteiger partial charge in [-0.25, -0.2) is 0 Å². The molecule has 1 aliphatic carbocycles. The molecular formula is C16H20N2O. The summed E-state index contributed by atoms with van der Waals surface area (Å²) >= 11 is 0. The van der Waals surface area contributed by atoms with Crippen molar-refractivity contribution in [2.24, 2.45) is 0 Å². The predicted octanol–water partition coefficient (Wildman–Crippen LogP) is 3.92. The minimum atomic E-state index is 0.318. The molecular weight excluding hydrogens is 236 g/mol. The van der Waals surface area contributed by atoms with Crippen molar-refractivity contribution in [1.82, 2.24) is 4.98 Å². The first-order valence-electron chi connectivity index (χ1n) is 7.14. The van der Waals surface area contributed by atoms with Crippen LogP contribution in [0.25, 0.3) is 10.9 Å². The Labute approximate surface area is 113 Å². The Bertz CT molecular complexity index is 560. The van der Waals surface area contributed by atoms with E-state index in [1.165, 1.54) is 25.7 Å². The lowest BCUT2D eigenvalue weighted by molar-refractivity contribution is 0.185. The van der Waals surface area contributed by atoms with E-state index < -0.39 is 0 Å². The van der Waals surface area contributed by atoms with E-state index in [4.69, 9.17) is 10.5 Å². The Morgan fingerprint density at radius 3 is 2.63 bits per heavy atom. The molecule has 1 aromatic carbocycles. The van der Waals surface area contributed by atoms with Gasteiger partial charge in [-0.3, -0.25) is 4.98 Å². The summed E-state index contributed by atoms with van der Waals surface area (Å²) in [6.45, 7) is 0. The summed E-state index contributed by atoms with van der Waals surface area (Å²) in [5.74, 6) is 0.812. The van der Waals surface area contributed by atoms with Crippen molar-refractivity contribution in [2.75, 3.05) is 5.73 Å². The molecule has 2 aromatic rings. The number of hydrogen-bond acceptors (Lipinski definition) is 3. The largest absolute Gasteiger partial charge is 0.488 e. The zero-order chi connectivity index (χ0) is 13.1. The maximum Gasteiger partial charge on any atom is 0.143 e. The number of anilines is 1.